The van der Waals surface area contributed by atoms with Crippen LogP contribution in [0.25, 0.3) is 0 Å². The molecule has 0 saturated carbocycles. The van der Waals surface area contributed by atoms with Gasteiger partial charge < -0.3 is 10.2 Å². The molecule has 0 aliphatic heterocycles. The second-order valence-electron chi connectivity index (χ2n) is 5.23. The fourth-order valence-electron chi connectivity index (χ4n) is 2.23. The number of carbonyl (C=O) groups is 2. The summed E-state index contributed by atoms with van der Waals surface area (Å²) in [6, 6.07) is 9.80. The number of amides is 2. The summed E-state index contributed by atoms with van der Waals surface area (Å²) in [4.78, 5) is 27.5. The van der Waals surface area contributed by atoms with Gasteiger partial charge in [-0.2, -0.15) is 0 Å². The Kier molecular flexibility index (Phi) is 6.66. The lowest BCUT2D eigenvalue weighted by Crippen LogP contribution is -2.46. The Morgan fingerprint density at radius 3 is 2.50 bits per heavy atom. The Bertz CT molecular complexity index is 733. The van der Waals surface area contributed by atoms with E-state index in [0.29, 0.717) is 28.0 Å². The molecule has 2 rings (SSSR count). The zero-order valence-corrected chi connectivity index (χ0v) is 15.7. The number of hydrogen-bond donors (Lipinski definition) is 1. The number of carbonyl (C=O) groups excluding carboxylic acids is 2. The van der Waals surface area contributed by atoms with Crippen molar-refractivity contribution in [2.45, 2.75) is 26.4 Å². The highest BCUT2D eigenvalue weighted by atomic mass is 35.5. The SMILES string of the molecule is CCN(Cc1ccc(Cl)s1)C(=O)C(C)NC(=O)c1ccccc1Cl. The van der Waals surface area contributed by atoms with Crippen molar-refractivity contribution in [3.05, 3.63) is 56.2 Å². The lowest BCUT2D eigenvalue weighted by atomic mass is 10.2. The molecule has 4 nitrogen and oxygen atoms in total. The van der Waals surface area contributed by atoms with Gasteiger partial charge in [0, 0.05) is 11.4 Å². The molecule has 1 aromatic carbocycles. The van der Waals surface area contributed by atoms with E-state index >= 15 is 0 Å². The normalized spacial score (nSPS) is 11.8. The van der Waals surface area contributed by atoms with Gasteiger partial charge in [-0.1, -0.05) is 35.3 Å². The summed E-state index contributed by atoms with van der Waals surface area (Å²) < 4.78 is 0.688. The molecule has 2 aromatic rings. The molecular formula is C17H18Cl2N2O2S. The molecule has 128 valence electrons. The van der Waals surface area contributed by atoms with Crippen LogP contribution in [0.1, 0.15) is 29.1 Å². The number of thiophene rings is 1. The maximum absolute atomic E-state index is 12.6. The van der Waals surface area contributed by atoms with E-state index in [1.54, 1.807) is 36.1 Å². The predicted molar refractivity (Wildman–Crippen MR) is 98.8 cm³/mol. The van der Waals surface area contributed by atoms with Crippen molar-refractivity contribution in [1.29, 1.82) is 0 Å². The Morgan fingerprint density at radius 2 is 1.92 bits per heavy atom. The summed E-state index contributed by atoms with van der Waals surface area (Å²) in [5.41, 5.74) is 0.354. The molecule has 7 heteroatoms. The van der Waals surface area contributed by atoms with Crippen molar-refractivity contribution < 1.29 is 9.59 Å². The van der Waals surface area contributed by atoms with Crippen molar-refractivity contribution in [1.82, 2.24) is 10.2 Å². The first-order valence-corrected chi connectivity index (χ1v) is 9.08. The summed E-state index contributed by atoms with van der Waals surface area (Å²) in [5.74, 6) is -0.515. The molecule has 1 atom stereocenters. The Morgan fingerprint density at radius 1 is 1.21 bits per heavy atom. The number of hydrogen-bond acceptors (Lipinski definition) is 3. The Labute approximate surface area is 155 Å². The average molecular weight is 385 g/mol. The molecule has 0 fully saturated rings. The van der Waals surface area contributed by atoms with Gasteiger partial charge in [-0.05, 0) is 38.1 Å². The van der Waals surface area contributed by atoms with Crippen LogP contribution >= 0.6 is 34.5 Å². The molecule has 1 N–H and O–H groups in total. The maximum atomic E-state index is 12.6. The van der Waals surface area contributed by atoms with E-state index in [4.69, 9.17) is 23.2 Å². The number of likely N-dealkylation sites (N-methyl/N-ethyl adjacent to an activating group) is 1. The van der Waals surface area contributed by atoms with Crippen molar-refractivity contribution in [2.24, 2.45) is 0 Å². The third-order valence-electron chi connectivity index (χ3n) is 3.51. The molecule has 1 unspecified atom stereocenters. The van der Waals surface area contributed by atoms with Crippen molar-refractivity contribution in [2.75, 3.05) is 6.54 Å². The van der Waals surface area contributed by atoms with Crippen LogP contribution < -0.4 is 5.32 Å². The molecule has 2 amide bonds. The molecule has 0 aliphatic rings. The van der Waals surface area contributed by atoms with E-state index in [2.05, 4.69) is 5.32 Å². The third kappa shape index (κ3) is 4.72. The van der Waals surface area contributed by atoms with Gasteiger partial charge in [0.1, 0.15) is 6.04 Å². The molecule has 0 aliphatic carbocycles. The highest BCUT2D eigenvalue weighted by Crippen LogP contribution is 2.23. The Hall–Kier alpha value is -1.56. The quantitative estimate of drug-likeness (QED) is 0.810. The summed E-state index contributed by atoms with van der Waals surface area (Å²) in [6.45, 7) is 4.58. The fraction of sp³-hybridized carbons (Fsp3) is 0.294. The predicted octanol–water partition coefficient (Wildman–Crippen LogP) is 4.22. The van der Waals surface area contributed by atoms with Crippen molar-refractivity contribution in [3.8, 4) is 0 Å². The zero-order chi connectivity index (χ0) is 17.7. The van der Waals surface area contributed by atoms with E-state index in [0.717, 1.165) is 4.88 Å². The minimum Gasteiger partial charge on any atom is -0.340 e. The van der Waals surface area contributed by atoms with Crippen molar-refractivity contribution in [3.63, 3.8) is 0 Å². The first kappa shape index (κ1) is 18.8. The molecule has 1 heterocycles. The zero-order valence-electron chi connectivity index (χ0n) is 13.4. The van der Waals surface area contributed by atoms with Crippen LogP contribution in [0.5, 0.6) is 0 Å². The second-order valence-corrected chi connectivity index (χ2v) is 7.44. The van der Waals surface area contributed by atoms with Gasteiger partial charge in [-0.25, -0.2) is 0 Å². The molecule has 0 saturated heterocycles. The standard InChI is InChI=1S/C17H18Cl2N2O2S/c1-3-21(10-12-8-9-15(19)24-12)17(23)11(2)20-16(22)13-6-4-5-7-14(13)18/h4-9,11H,3,10H2,1-2H3,(H,20,22). The maximum Gasteiger partial charge on any atom is 0.253 e. The van der Waals surface area contributed by atoms with Gasteiger partial charge in [0.2, 0.25) is 5.91 Å². The summed E-state index contributed by atoms with van der Waals surface area (Å²) in [5, 5.41) is 3.06. The highest BCUT2D eigenvalue weighted by Gasteiger charge is 2.22. The lowest BCUT2D eigenvalue weighted by molar-refractivity contribution is -0.133. The lowest BCUT2D eigenvalue weighted by Gasteiger charge is -2.24. The monoisotopic (exact) mass is 384 g/mol. The number of rotatable bonds is 6. The van der Waals surface area contributed by atoms with E-state index in [1.165, 1.54) is 11.3 Å². The summed E-state index contributed by atoms with van der Waals surface area (Å²) >= 11 is 13.4. The van der Waals surface area contributed by atoms with E-state index in [9.17, 15) is 9.59 Å². The largest absolute Gasteiger partial charge is 0.340 e. The topological polar surface area (TPSA) is 49.4 Å². The number of benzene rings is 1. The van der Waals surface area contributed by atoms with Crippen LogP contribution in [-0.2, 0) is 11.3 Å². The first-order chi connectivity index (χ1) is 11.4. The number of nitrogens with zero attached hydrogens (tertiary/aromatic N) is 1. The van der Waals surface area contributed by atoms with Crippen LogP contribution in [0.2, 0.25) is 9.36 Å². The second kappa shape index (κ2) is 8.51. The van der Waals surface area contributed by atoms with E-state index in [1.807, 2.05) is 19.1 Å². The van der Waals surface area contributed by atoms with Gasteiger partial charge in [0.25, 0.3) is 5.91 Å². The van der Waals surface area contributed by atoms with Gasteiger partial charge in [0.05, 0.1) is 21.5 Å². The molecule has 1 aromatic heterocycles. The minimum atomic E-state index is -0.649. The number of nitrogens with one attached hydrogen (secondary N) is 1. The van der Waals surface area contributed by atoms with Crippen LogP contribution in [0, 0.1) is 0 Å². The molecule has 0 radical (unpaired) electrons. The minimum absolute atomic E-state index is 0.151. The number of halogens is 2. The first-order valence-electron chi connectivity index (χ1n) is 7.50. The highest BCUT2D eigenvalue weighted by molar-refractivity contribution is 7.16. The van der Waals surface area contributed by atoms with Gasteiger partial charge in [-0.3, -0.25) is 9.59 Å². The van der Waals surface area contributed by atoms with Crippen molar-refractivity contribution >= 4 is 46.4 Å². The van der Waals surface area contributed by atoms with Crippen LogP contribution in [0.4, 0.5) is 0 Å². The summed E-state index contributed by atoms with van der Waals surface area (Å²) in [7, 11) is 0. The van der Waals surface area contributed by atoms with Gasteiger partial charge in [-0.15, -0.1) is 11.3 Å². The molecule has 0 spiro atoms. The van der Waals surface area contributed by atoms with Crippen LogP contribution in [0.15, 0.2) is 36.4 Å². The molecular weight excluding hydrogens is 367 g/mol. The third-order valence-corrected chi connectivity index (χ3v) is 5.05. The van der Waals surface area contributed by atoms with Crippen LogP contribution in [-0.4, -0.2) is 29.3 Å². The van der Waals surface area contributed by atoms with Gasteiger partial charge in [0.15, 0.2) is 0 Å². The Balaban J connectivity index is 2.01. The summed E-state index contributed by atoms with van der Waals surface area (Å²) in [6.07, 6.45) is 0. The average Bonchev–Trinajstić information content (AvgIpc) is 2.97. The molecule has 0 bridgehead atoms. The molecule has 24 heavy (non-hydrogen) atoms. The van der Waals surface area contributed by atoms with E-state index in [-0.39, 0.29) is 11.8 Å². The van der Waals surface area contributed by atoms with E-state index < -0.39 is 6.04 Å². The van der Waals surface area contributed by atoms with Gasteiger partial charge >= 0.3 is 0 Å². The fourth-order valence-corrected chi connectivity index (χ4v) is 3.55. The van der Waals surface area contributed by atoms with Crippen LogP contribution in [0.3, 0.4) is 0 Å². The smallest absolute Gasteiger partial charge is 0.253 e.